The standard InChI is InChI=1S/C11H22F3NO2/c1-9(2)6-10(3,16)7-15-4-5-17-8-11(12,13)14/h9,15-16H,4-8H2,1-3H3. The van der Waals surface area contributed by atoms with Crippen molar-refractivity contribution in [2.75, 3.05) is 26.3 Å². The summed E-state index contributed by atoms with van der Waals surface area (Å²) in [5, 5.41) is 12.8. The SMILES string of the molecule is CC(C)CC(C)(O)CNCCOCC(F)(F)F. The maximum absolute atomic E-state index is 11.7. The lowest BCUT2D eigenvalue weighted by atomic mass is 9.94. The van der Waals surface area contributed by atoms with Crippen LogP contribution in [0.1, 0.15) is 27.2 Å². The van der Waals surface area contributed by atoms with Crippen LogP contribution in [0, 0.1) is 5.92 Å². The minimum absolute atomic E-state index is 0.0166. The van der Waals surface area contributed by atoms with E-state index in [4.69, 9.17) is 0 Å². The van der Waals surface area contributed by atoms with Crippen LogP contribution >= 0.6 is 0 Å². The molecular formula is C11H22F3NO2. The Morgan fingerprint density at radius 2 is 1.88 bits per heavy atom. The van der Waals surface area contributed by atoms with Crippen LogP contribution < -0.4 is 5.32 Å². The average molecular weight is 257 g/mol. The van der Waals surface area contributed by atoms with Gasteiger partial charge in [0.25, 0.3) is 0 Å². The van der Waals surface area contributed by atoms with Crippen LogP contribution in [0.3, 0.4) is 0 Å². The van der Waals surface area contributed by atoms with Crippen molar-refractivity contribution in [1.82, 2.24) is 5.32 Å². The fourth-order valence-corrected chi connectivity index (χ4v) is 1.64. The highest BCUT2D eigenvalue weighted by Gasteiger charge is 2.27. The molecule has 0 aliphatic heterocycles. The van der Waals surface area contributed by atoms with E-state index in [0.29, 0.717) is 25.4 Å². The zero-order valence-electron chi connectivity index (χ0n) is 10.6. The van der Waals surface area contributed by atoms with Gasteiger partial charge in [-0.05, 0) is 19.3 Å². The predicted molar refractivity (Wildman–Crippen MR) is 59.8 cm³/mol. The molecule has 0 amide bonds. The van der Waals surface area contributed by atoms with Crippen LogP contribution in [0.4, 0.5) is 13.2 Å². The van der Waals surface area contributed by atoms with E-state index in [0.717, 1.165) is 0 Å². The lowest BCUT2D eigenvalue weighted by Crippen LogP contribution is -2.40. The molecule has 0 aliphatic carbocycles. The Balaban J connectivity index is 3.51. The minimum atomic E-state index is -4.27. The second-order valence-electron chi connectivity index (χ2n) is 4.94. The lowest BCUT2D eigenvalue weighted by molar-refractivity contribution is -0.173. The van der Waals surface area contributed by atoms with E-state index in [9.17, 15) is 18.3 Å². The van der Waals surface area contributed by atoms with Crippen LogP contribution in [-0.4, -0.2) is 43.2 Å². The third kappa shape index (κ3) is 11.9. The molecular weight excluding hydrogens is 235 g/mol. The number of hydrogen-bond acceptors (Lipinski definition) is 3. The first-order valence-electron chi connectivity index (χ1n) is 5.70. The third-order valence-electron chi connectivity index (χ3n) is 2.04. The Morgan fingerprint density at radius 1 is 1.29 bits per heavy atom. The van der Waals surface area contributed by atoms with Crippen molar-refractivity contribution in [2.45, 2.75) is 39.0 Å². The van der Waals surface area contributed by atoms with Crippen molar-refractivity contribution in [1.29, 1.82) is 0 Å². The van der Waals surface area contributed by atoms with Crippen LogP contribution in [-0.2, 0) is 4.74 Å². The molecule has 0 aliphatic rings. The molecule has 0 radical (unpaired) electrons. The lowest BCUT2D eigenvalue weighted by Gasteiger charge is -2.25. The van der Waals surface area contributed by atoms with Gasteiger partial charge >= 0.3 is 6.18 Å². The third-order valence-corrected chi connectivity index (χ3v) is 2.04. The monoisotopic (exact) mass is 257 g/mol. The molecule has 0 heterocycles. The Labute approximate surface area is 100 Å². The summed E-state index contributed by atoms with van der Waals surface area (Å²) < 4.78 is 39.6. The van der Waals surface area contributed by atoms with Crippen molar-refractivity contribution < 1.29 is 23.0 Å². The van der Waals surface area contributed by atoms with Gasteiger partial charge in [0.15, 0.2) is 0 Å². The van der Waals surface area contributed by atoms with Crippen molar-refractivity contribution in [3.05, 3.63) is 0 Å². The molecule has 0 aromatic rings. The second-order valence-corrected chi connectivity index (χ2v) is 4.94. The molecule has 17 heavy (non-hydrogen) atoms. The smallest absolute Gasteiger partial charge is 0.389 e. The summed E-state index contributed by atoms with van der Waals surface area (Å²) in [6, 6.07) is 0. The number of aliphatic hydroxyl groups is 1. The molecule has 0 fully saturated rings. The summed E-state index contributed by atoms with van der Waals surface area (Å²) >= 11 is 0. The van der Waals surface area contributed by atoms with Crippen LogP contribution in [0.25, 0.3) is 0 Å². The molecule has 0 aromatic carbocycles. The maximum Gasteiger partial charge on any atom is 0.411 e. The molecule has 0 spiro atoms. The summed E-state index contributed by atoms with van der Waals surface area (Å²) in [6.07, 6.45) is -3.63. The van der Waals surface area contributed by atoms with E-state index in [1.54, 1.807) is 6.92 Å². The first-order chi connectivity index (χ1) is 7.62. The average Bonchev–Trinajstić information content (AvgIpc) is 2.06. The molecule has 0 aromatic heterocycles. The van der Waals surface area contributed by atoms with Gasteiger partial charge in [-0.2, -0.15) is 13.2 Å². The Bertz CT molecular complexity index is 205. The fraction of sp³-hybridized carbons (Fsp3) is 1.00. The molecule has 0 saturated heterocycles. The van der Waals surface area contributed by atoms with E-state index in [1.807, 2.05) is 13.8 Å². The molecule has 0 saturated carbocycles. The van der Waals surface area contributed by atoms with Gasteiger partial charge in [-0.25, -0.2) is 0 Å². The van der Waals surface area contributed by atoms with E-state index >= 15 is 0 Å². The molecule has 2 N–H and O–H groups in total. The second kappa shape index (κ2) is 7.18. The number of halogens is 3. The highest BCUT2D eigenvalue weighted by atomic mass is 19.4. The molecule has 6 heteroatoms. The number of ether oxygens (including phenoxy) is 1. The summed E-state index contributed by atoms with van der Waals surface area (Å²) in [6.45, 7) is 5.11. The summed E-state index contributed by atoms with van der Waals surface area (Å²) in [5.74, 6) is 0.369. The maximum atomic E-state index is 11.7. The zero-order valence-corrected chi connectivity index (χ0v) is 10.6. The number of alkyl halides is 3. The van der Waals surface area contributed by atoms with Gasteiger partial charge in [-0.15, -0.1) is 0 Å². The minimum Gasteiger partial charge on any atom is -0.389 e. The number of nitrogens with one attached hydrogen (secondary N) is 1. The largest absolute Gasteiger partial charge is 0.411 e. The van der Waals surface area contributed by atoms with Crippen molar-refractivity contribution in [3.8, 4) is 0 Å². The van der Waals surface area contributed by atoms with Gasteiger partial charge in [-0.3, -0.25) is 0 Å². The molecule has 1 atom stereocenters. The zero-order chi connectivity index (χ0) is 13.5. The summed E-state index contributed by atoms with van der Waals surface area (Å²) in [7, 11) is 0. The van der Waals surface area contributed by atoms with E-state index in [2.05, 4.69) is 10.1 Å². The normalized spacial score (nSPS) is 16.2. The summed E-state index contributed by atoms with van der Waals surface area (Å²) in [4.78, 5) is 0. The van der Waals surface area contributed by atoms with Crippen molar-refractivity contribution in [3.63, 3.8) is 0 Å². The van der Waals surface area contributed by atoms with Crippen molar-refractivity contribution in [2.24, 2.45) is 5.92 Å². The molecule has 1 unspecified atom stereocenters. The first-order valence-corrected chi connectivity index (χ1v) is 5.70. The van der Waals surface area contributed by atoms with E-state index in [1.165, 1.54) is 0 Å². The van der Waals surface area contributed by atoms with Crippen LogP contribution in [0.2, 0.25) is 0 Å². The van der Waals surface area contributed by atoms with Gasteiger partial charge < -0.3 is 15.2 Å². The molecule has 3 nitrogen and oxygen atoms in total. The molecule has 0 bridgehead atoms. The summed E-state index contributed by atoms with van der Waals surface area (Å²) in [5.41, 5.74) is -0.835. The van der Waals surface area contributed by atoms with Crippen molar-refractivity contribution >= 4 is 0 Å². The van der Waals surface area contributed by atoms with Gasteiger partial charge in [0.2, 0.25) is 0 Å². The van der Waals surface area contributed by atoms with Gasteiger partial charge in [0.05, 0.1) is 12.2 Å². The highest BCUT2D eigenvalue weighted by Crippen LogP contribution is 2.15. The Hall–Kier alpha value is -0.330. The number of hydrogen-bond donors (Lipinski definition) is 2. The Morgan fingerprint density at radius 3 is 2.35 bits per heavy atom. The van der Waals surface area contributed by atoms with E-state index in [-0.39, 0.29) is 6.61 Å². The van der Waals surface area contributed by atoms with Gasteiger partial charge in [-0.1, -0.05) is 13.8 Å². The van der Waals surface area contributed by atoms with Crippen LogP contribution in [0.15, 0.2) is 0 Å². The Kier molecular flexibility index (Phi) is 7.04. The number of rotatable bonds is 8. The van der Waals surface area contributed by atoms with E-state index < -0.39 is 18.4 Å². The topological polar surface area (TPSA) is 41.5 Å². The first kappa shape index (κ1) is 16.7. The molecule has 104 valence electrons. The quantitative estimate of drug-likeness (QED) is 0.653. The van der Waals surface area contributed by atoms with Gasteiger partial charge in [0, 0.05) is 13.1 Å². The highest BCUT2D eigenvalue weighted by molar-refractivity contribution is 4.76. The predicted octanol–water partition coefficient (Wildman–Crippen LogP) is 1.95. The molecule has 0 rings (SSSR count). The van der Waals surface area contributed by atoms with Gasteiger partial charge in [0.1, 0.15) is 6.61 Å². The fourth-order valence-electron chi connectivity index (χ4n) is 1.64. The van der Waals surface area contributed by atoms with Crippen LogP contribution in [0.5, 0.6) is 0 Å².